The third kappa shape index (κ3) is 11.1. The van der Waals surface area contributed by atoms with Crippen molar-refractivity contribution in [3.63, 3.8) is 0 Å². The fourth-order valence-corrected chi connectivity index (χ4v) is 1.55. The molecule has 0 fully saturated rings. The Labute approximate surface area is 87.8 Å². The molecule has 3 heteroatoms. The molecule has 0 nitrogen and oxygen atoms in total. The summed E-state index contributed by atoms with van der Waals surface area (Å²) in [6.07, 6.45) is 5.80. The average Bonchev–Trinajstić information content (AvgIpc) is 1.85. The van der Waals surface area contributed by atoms with Gasteiger partial charge < -0.3 is 0 Å². The number of rotatable bonds is 6. The van der Waals surface area contributed by atoms with Gasteiger partial charge >= 0.3 is 0 Å². The smallest absolute Gasteiger partial charge is 0.102 e. The van der Waals surface area contributed by atoms with E-state index in [9.17, 15) is 0 Å². The number of alkyl halides is 3. The van der Waals surface area contributed by atoms with E-state index in [-0.39, 0.29) is 0 Å². The van der Waals surface area contributed by atoms with Crippen LogP contribution in [0.15, 0.2) is 0 Å². The van der Waals surface area contributed by atoms with E-state index in [1.165, 1.54) is 19.3 Å². The van der Waals surface area contributed by atoms with Crippen LogP contribution in [0.1, 0.15) is 39.0 Å². The first-order valence-electron chi connectivity index (χ1n) is 4.00. The molecule has 0 saturated carbocycles. The molecular weight excluding hydrogens is 247 g/mol. The van der Waals surface area contributed by atoms with Crippen molar-refractivity contribution in [2.45, 2.75) is 43.4 Å². The Kier molecular flexibility index (Phi) is 7.19. The van der Waals surface area contributed by atoms with E-state index in [1.807, 2.05) is 6.92 Å². The Balaban J connectivity index is 3.02. The molecule has 0 spiro atoms. The molecule has 0 aliphatic rings. The van der Waals surface area contributed by atoms with Crippen LogP contribution in [0.2, 0.25) is 0 Å². The molecule has 0 amide bonds. The van der Waals surface area contributed by atoms with Gasteiger partial charge in [0.1, 0.15) is 4.33 Å². The van der Waals surface area contributed by atoms with Gasteiger partial charge in [-0.25, -0.2) is 0 Å². The van der Waals surface area contributed by atoms with Gasteiger partial charge in [-0.2, -0.15) is 0 Å². The minimum Gasteiger partial charge on any atom is -0.102 e. The highest BCUT2D eigenvalue weighted by atomic mass is 79.9. The summed E-state index contributed by atoms with van der Waals surface area (Å²) in [5.41, 5.74) is 0. The first-order valence-corrected chi connectivity index (χ1v) is 5.88. The molecule has 0 aliphatic heterocycles. The van der Waals surface area contributed by atoms with Gasteiger partial charge in [-0.15, -0.1) is 23.2 Å². The molecule has 0 aliphatic carbocycles. The van der Waals surface area contributed by atoms with Crippen molar-refractivity contribution < 1.29 is 0 Å². The molecule has 0 aromatic carbocycles. The van der Waals surface area contributed by atoms with Crippen LogP contribution in [0.3, 0.4) is 0 Å². The highest BCUT2D eigenvalue weighted by molar-refractivity contribution is 9.09. The predicted octanol–water partition coefficient (Wildman–Crippen LogP) is 4.53. The van der Waals surface area contributed by atoms with Crippen molar-refractivity contribution in [2.75, 3.05) is 5.33 Å². The van der Waals surface area contributed by atoms with E-state index >= 15 is 0 Å². The SMILES string of the molecule is CC(Cl)(Cl)CCCCCCBr. The van der Waals surface area contributed by atoms with Crippen LogP contribution in [-0.2, 0) is 0 Å². The number of hydrogen-bond acceptors (Lipinski definition) is 0. The zero-order valence-electron chi connectivity index (χ0n) is 6.88. The largest absolute Gasteiger partial charge is 0.115 e. The van der Waals surface area contributed by atoms with Gasteiger partial charge in [-0.3, -0.25) is 0 Å². The molecule has 0 radical (unpaired) electrons. The molecular formula is C8H15BrCl2. The zero-order chi connectivity index (χ0) is 8.74. The Morgan fingerprint density at radius 2 is 1.64 bits per heavy atom. The summed E-state index contributed by atoms with van der Waals surface area (Å²) in [4.78, 5) is 0. The molecule has 0 bridgehead atoms. The minimum atomic E-state index is -0.519. The topological polar surface area (TPSA) is 0 Å². The van der Waals surface area contributed by atoms with E-state index < -0.39 is 4.33 Å². The molecule has 68 valence electrons. The van der Waals surface area contributed by atoms with E-state index in [4.69, 9.17) is 23.2 Å². The molecule has 0 rings (SSSR count). The standard InChI is InChI=1S/C8H15BrCl2/c1-8(10,11)6-4-2-3-5-7-9/h2-7H2,1H3. The monoisotopic (exact) mass is 260 g/mol. The van der Waals surface area contributed by atoms with Gasteiger partial charge in [0.05, 0.1) is 0 Å². The molecule has 0 N–H and O–H groups in total. The third-order valence-corrected chi connectivity index (χ3v) is 2.44. The van der Waals surface area contributed by atoms with E-state index in [0.29, 0.717) is 0 Å². The highest BCUT2D eigenvalue weighted by Crippen LogP contribution is 2.26. The molecule has 0 heterocycles. The van der Waals surface area contributed by atoms with Crippen LogP contribution in [0, 0.1) is 0 Å². The van der Waals surface area contributed by atoms with Gasteiger partial charge in [0.2, 0.25) is 0 Å². The number of halogens is 3. The Morgan fingerprint density at radius 1 is 1.09 bits per heavy atom. The summed E-state index contributed by atoms with van der Waals surface area (Å²) < 4.78 is -0.519. The molecule has 0 aromatic rings. The normalized spacial score (nSPS) is 12.0. The predicted molar refractivity (Wildman–Crippen MR) is 57.0 cm³/mol. The molecule has 0 unspecified atom stereocenters. The average molecular weight is 262 g/mol. The van der Waals surface area contributed by atoms with Crippen LogP contribution in [-0.4, -0.2) is 9.66 Å². The second kappa shape index (κ2) is 6.56. The first kappa shape index (κ1) is 12.1. The Bertz CT molecular complexity index is 88.6. The third-order valence-electron chi connectivity index (χ3n) is 1.50. The van der Waals surface area contributed by atoms with Crippen LogP contribution in [0.25, 0.3) is 0 Å². The van der Waals surface area contributed by atoms with Crippen LogP contribution < -0.4 is 0 Å². The summed E-state index contributed by atoms with van der Waals surface area (Å²) >= 11 is 15.0. The summed E-state index contributed by atoms with van der Waals surface area (Å²) in [7, 11) is 0. The number of hydrogen-bond donors (Lipinski definition) is 0. The van der Waals surface area contributed by atoms with E-state index in [2.05, 4.69) is 15.9 Å². The quantitative estimate of drug-likeness (QED) is 0.487. The van der Waals surface area contributed by atoms with Crippen molar-refractivity contribution in [3.05, 3.63) is 0 Å². The lowest BCUT2D eigenvalue weighted by Gasteiger charge is -2.11. The summed E-state index contributed by atoms with van der Waals surface area (Å²) in [5, 5.41) is 1.10. The molecule has 0 saturated heterocycles. The second-order valence-electron chi connectivity index (χ2n) is 2.92. The van der Waals surface area contributed by atoms with Crippen molar-refractivity contribution in [1.82, 2.24) is 0 Å². The van der Waals surface area contributed by atoms with Gasteiger partial charge in [0.25, 0.3) is 0 Å². The van der Waals surface area contributed by atoms with Gasteiger partial charge in [-0.1, -0.05) is 35.2 Å². The van der Waals surface area contributed by atoms with E-state index in [0.717, 1.165) is 18.2 Å². The maximum absolute atomic E-state index is 5.80. The lowest BCUT2D eigenvalue weighted by atomic mass is 10.1. The van der Waals surface area contributed by atoms with Crippen molar-refractivity contribution >= 4 is 39.1 Å². The molecule has 0 aromatic heterocycles. The fraction of sp³-hybridized carbons (Fsp3) is 1.00. The molecule has 0 atom stereocenters. The van der Waals surface area contributed by atoms with Crippen molar-refractivity contribution in [2.24, 2.45) is 0 Å². The number of unbranched alkanes of at least 4 members (excludes halogenated alkanes) is 3. The van der Waals surface area contributed by atoms with Gasteiger partial charge in [0, 0.05) is 5.33 Å². The maximum Gasteiger partial charge on any atom is 0.115 e. The van der Waals surface area contributed by atoms with Crippen LogP contribution in [0.4, 0.5) is 0 Å². The highest BCUT2D eigenvalue weighted by Gasteiger charge is 2.14. The van der Waals surface area contributed by atoms with E-state index in [1.54, 1.807) is 0 Å². The lowest BCUT2D eigenvalue weighted by molar-refractivity contribution is 0.611. The van der Waals surface area contributed by atoms with Gasteiger partial charge in [-0.05, 0) is 19.8 Å². The van der Waals surface area contributed by atoms with Crippen molar-refractivity contribution in [1.29, 1.82) is 0 Å². The summed E-state index contributed by atoms with van der Waals surface area (Å²) in [6.45, 7) is 1.85. The molecule has 11 heavy (non-hydrogen) atoms. The summed E-state index contributed by atoms with van der Waals surface area (Å²) in [6, 6.07) is 0. The zero-order valence-corrected chi connectivity index (χ0v) is 9.97. The first-order chi connectivity index (χ1) is 5.06. The Morgan fingerprint density at radius 3 is 2.09 bits per heavy atom. The second-order valence-corrected chi connectivity index (χ2v) is 5.58. The van der Waals surface area contributed by atoms with Crippen LogP contribution >= 0.6 is 39.1 Å². The maximum atomic E-state index is 5.80. The van der Waals surface area contributed by atoms with Gasteiger partial charge in [0.15, 0.2) is 0 Å². The lowest BCUT2D eigenvalue weighted by Crippen LogP contribution is -2.04. The fourth-order valence-electron chi connectivity index (χ4n) is 0.883. The minimum absolute atomic E-state index is 0.519. The Hall–Kier alpha value is 1.06. The van der Waals surface area contributed by atoms with Crippen LogP contribution in [0.5, 0.6) is 0 Å². The van der Waals surface area contributed by atoms with Crippen molar-refractivity contribution in [3.8, 4) is 0 Å². The summed E-state index contributed by atoms with van der Waals surface area (Å²) in [5.74, 6) is 0.